The van der Waals surface area contributed by atoms with Crippen LogP contribution in [0.15, 0.2) is 0 Å². The summed E-state index contributed by atoms with van der Waals surface area (Å²) in [5.74, 6) is 1.09. The van der Waals surface area contributed by atoms with Gasteiger partial charge in [0.2, 0.25) is 11.8 Å². The molecule has 2 amide bonds. The summed E-state index contributed by atoms with van der Waals surface area (Å²) in [7, 11) is 0. The Hall–Kier alpha value is -1.06. The van der Waals surface area contributed by atoms with Gasteiger partial charge < -0.3 is 9.80 Å². The molecule has 2 aliphatic carbocycles. The van der Waals surface area contributed by atoms with Crippen molar-refractivity contribution in [3.63, 3.8) is 0 Å². The summed E-state index contributed by atoms with van der Waals surface area (Å²) in [5.41, 5.74) is 0. The number of amides is 2. The fourth-order valence-electron chi connectivity index (χ4n) is 2.55. The Morgan fingerprint density at radius 3 is 2.50 bits per heavy atom. The molecule has 4 nitrogen and oxygen atoms in total. The third-order valence-corrected chi connectivity index (χ3v) is 3.98. The number of hydrogen-bond acceptors (Lipinski definition) is 2. The Morgan fingerprint density at radius 1 is 1.31 bits per heavy atom. The van der Waals surface area contributed by atoms with Gasteiger partial charge in [-0.2, -0.15) is 0 Å². The normalized spacial score (nSPS) is 34.2. The van der Waals surface area contributed by atoms with Gasteiger partial charge >= 0.3 is 0 Å². The zero-order valence-electron chi connectivity index (χ0n) is 9.69. The van der Waals surface area contributed by atoms with E-state index in [1.165, 1.54) is 0 Å². The first-order chi connectivity index (χ1) is 7.66. The summed E-state index contributed by atoms with van der Waals surface area (Å²) >= 11 is 0. The predicted molar refractivity (Wildman–Crippen MR) is 58.6 cm³/mol. The lowest BCUT2D eigenvalue weighted by Crippen LogP contribution is -2.53. The minimum atomic E-state index is 0.149. The number of piperazine rings is 1. The van der Waals surface area contributed by atoms with E-state index in [4.69, 9.17) is 0 Å². The highest BCUT2D eigenvalue weighted by atomic mass is 16.2. The minimum absolute atomic E-state index is 0.149. The van der Waals surface area contributed by atoms with E-state index in [-0.39, 0.29) is 17.7 Å². The van der Waals surface area contributed by atoms with Crippen LogP contribution in [0.4, 0.5) is 0 Å². The van der Waals surface area contributed by atoms with Gasteiger partial charge in [-0.3, -0.25) is 9.59 Å². The third kappa shape index (κ3) is 1.70. The van der Waals surface area contributed by atoms with Crippen molar-refractivity contribution in [3.05, 3.63) is 0 Å². The van der Waals surface area contributed by atoms with Crippen LogP contribution in [0.1, 0.15) is 26.2 Å². The van der Waals surface area contributed by atoms with E-state index < -0.39 is 0 Å². The first kappa shape index (κ1) is 10.1. The number of carbonyl (C=O) groups is 2. The Bertz CT molecular complexity index is 338. The first-order valence-corrected chi connectivity index (χ1v) is 6.25. The average Bonchev–Trinajstić information content (AvgIpc) is 3.12. The topological polar surface area (TPSA) is 40.6 Å². The van der Waals surface area contributed by atoms with Crippen LogP contribution in [0.5, 0.6) is 0 Å². The molecule has 0 radical (unpaired) electrons. The zero-order chi connectivity index (χ0) is 11.3. The number of rotatable bonds is 2. The zero-order valence-corrected chi connectivity index (χ0v) is 9.69. The van der Waals surface area contributed by atoms with Crippen LogP contribution >= 0.6 is 0 Å². The summed E-state index contributed by atoms with van der Waals surface area (Å²) in [6, 6.07) is 0.490. The molecule has 88 valence electrons. The summed E-state index contributed by atoms with van der Waals surface area (Å²) in [6.07, 6.45) is 3.31. The second-order valence-corrected chi connectivity index (χ2v) is 5.40. The van der Waals surface area contributed by atoms with Crippen molar-refractivity contribution >= 4 is 11.8 Å². The number of carbonyl (C=O) groups excluding carboxylic acids is 2. The van der Waals surface area contributed by atoms with Crippen molar-refractivity contribution in [2.45, 2.75) is 32.2 Å². The van der Waals surface area contributed by atoms with Crippen LogP contribution < -0.4 is 0 Å². The van der Waals surface area contributed by atoms with E-state index >= 15 is 0 Å². The van der Waals surface area contributed by atoms with Gasteiger partial charge in [-0.1, -0.05) is 6.92 Å². The Kier molecular flexibility index (Phi) is 2.19. The van der Waals surface area contributed by atoms with E-state index in [1.807, 2.05) is 4.90 Å². The van der Waals surface area contributed by atoms with E-state index in [0.29, 0.717) is 18.5 Å². The van der Waals surface area contributed by atoms with E-state index in [1.54, 1.807) is 4.90 Å². The highest BCUT2D eigenvalue weighted by Gasteiger charge is 2.44. The van der Waals surface area contributed by atoms with Crippen LogP contribution in [-0.4, -0.2) is 47.3 Å². The average molecular weight is 222 g/mol. The standard InChI is InChI=1S/C12H18N2O2/c1-8-6-10(8)12(16)13-4-5-14(9-2-3-9)11(15)7-13/h8-10H,2-7H2,1H3. The lowest BCUT2D eigenvalue weighted by molar-refractivity contribution is -0.146. The maximum absolute atomic E-state index is 12.0. The van der Waals surface area contributed by atoms with Gasteiger partial charge in [0.05, 0.1) is 6.54 Å². The third-order valence-electron chi connectivity index (χ3n) is 3.98. The van der Waals surface area contributed by atoms with Crippen LogP contribution in [-0.2, 0) is 9.59 Å². The van der Waals surface area contributed by atoms with Crippen LogP contribution in [0.3, 0.4) is 0 Å². The van der Waals surface area contributed by atoms with Crippen molar-refractivity contribution in [2.24, 2.45) is 11.8 Å². The van der Waals surface area contributed by atoms with E-state index in [0.717, 1.165) is 32.4 Å². The molecular formula is C12H18N2O2. The van der Waals surface area contributed by atoms with Gasteiger partial charge in [0, 0.05) is 25.0 Å². The molecule has 16 heavy (non-hydrogen) atoms. The number of hydrogen-bond donors (Lipinski definition) is 0. The summed E-state index contributed by atoms with van der Waals surface area (Å²) < 4.78 is 0. The fourth-order valence-corrected chi connectivity index (χ4v) is 2.55. The molecule has 0 aromatic heterocycles. The highest BCUT2D eigenvalue weighted by molar-refractivity contribution is 5.88. The molecule has 3 rings (SSSR count). The Balaban J connectivity index is 1.59. The van der Waals surface area contributed by atoms with Crippen molar-refractivity contribution in [1.82, 2.24) is 9.80 Å². The molecule has 0 aromatic carbocycles. The van der Waals surface area contributed by atoms with E-state index in [9.17, 15) is 9.59 Å². The molecule has 2 atom stereocenters. The maximum Gasteiger partial charge on any atom is 0.242 e. The quantitative estimate of drug-likeness (QED) is 0.681. The lowest BCUT2D eigenvalue weighted by atomic mass is 10.2. The van der Waals surface area contributed by atoms with Crippen molar-refractivity contribution in [3.8, 4) is 0 Å². The Labute approximate surface area is 95.6 Å². The van der Waals surface area contributed by atoms with Gasteiger partial charge in [0.25, 0.3) is 0 Å². The molecule has 0 N–H and O–H groups in total. The van der Waals surface area contributed by atoms with Crippen molar-refractivity contribution in [1.29, 1.82) is 0 Å². The fraction of sp³-hybridized carbons (Fsp3) is 0.833. The van der Waals surface area contributed by atoms with Gasteiger partial charge in [-0.05, 0) is 25.2 Å². The van der Waals surface area contributed by atoms with Gasteiger partial charge in [-0.15, -0.1) is 0 Å². The number of nitrogens with zero attached hydrogens (tertiary/aromatic N) is 2. The Morgan fingerprint density at radius 2 is 2.00 bits per heavy atom. The monoisotopic (exact) mass is 222 g/mol. The SMILES string of the molecule is CC1CC1C(=O)N1CCN(C2CC2)C(=O)C1. The van der Waals surface area contributed by atoms with Crippen LogP contribution in [0, 0.1) is 11.8 Å². The van der Waals surface area contributed by atoms with Crippen molar-refractivity contribution < 1.29 is 9.59 Å². The predicted octanol–water partition coefficient (Wildman–Crippen LogP) is 0.476. The molecule has 1 aliphatic heterocycles. The largest absolute Gasteiger partial charge is 0.336 e. The molecule has 2 saturated carbocycles. The highest BCUT2D eigenvalue weighted by Crippen LogP contribution is 2.39. The maximum atomic E-state index is 12.0. The summed E-state index contributed by atoms with van der Waals surface area (Å²) in [5, 5.41) is 0. The molecule has 3 fully saturated rings. The van der Waals surface area contributed by atoms with Crippen LogP contribution in [0.2, 0.25) is 0 Å². The van der Waals surface area contributed by atoms with Gasteiger partial charge in [0.1, 0.15) is 0 Å². The first-order valence-electron chi connectivity index (χ1n) is 6.25. The molecule has 1 saturated heterocycles. The molecule has 3 aliphatic rings. The summed E-state index contributed by atoms with van der Waals surface area (Å²) in [6.45, 7) is 3.91. The molecular weight excluding hydrogens is 204 g/mol. The smallest absolute Gasteiger partial charge is 0.242 e. The minimum Gasteiger partial charge on any atom is -0.336 e. The van der Waals surface area contributed by atoms with Gasteiger partial charge in [-0.25, -0.2) is 0 Å². The molecule has 2 unspecified atom stereocenters. The molecule has 0 aromatic rings. The molecule has 1 heterocycles. The summed E-state index contributed by atoms with van der Waals surface area (Å²) in [4.78, 5) is 27.5. The van der Waals surface area contributed by atoms with E-state index in [2.05, 4.69) is 6.92 Å². The second-order valence-electron chi connectivity index (χ2n) is 5.40. The second kappa shape index (κ2) is 3.47. The lowest BCUT2D eigenvalue weighted by Gasteiger charge is -2.34. The van der Waals surface area contributed by atoms with Crippen molar-refractivity contribution in [2.75, 3.05) is 19.6 Å². The van der Waals surface area contributed by atoms with Crippen LogP contribution in [0.25, 0.3) is 0 Å². The molecule has 4 heteroatoms. The molecule has 0 spiro atoms. The molecule has 0 bridgehead atoms. The van der Waals surface area contributed by atoms with Gasteiger partial charge in [0.15, 0.2) is 0 Å².